The molecule has 2 rings (SSSR count). The lowest BCUT2D eigenvalue weighted by atomic mass is 9.92. The maximum Gasteiger partial charge on any atom is 0.419 e. The van der Waals surface area contributed by atoms with E-state index in [9.17, 15) is 9.18 Å². The minimum Gasteiger partial charge on any atom is -0.443 e. The van der Waals surface area contributed by atoms with Crippen molar-refractivity contribution in [1.82, 2.24) is 4.57 Å². The maximum absolute atomic E-state index is 13.3. The van der Waals surface area contributed by atoms with Gasteiger partial charge >= 0.3 is 6.09 Å². The van der Waals surface area contributed by atoms with E-state index in [1.807, 2.05) is 47.6 Å². The number of halogens is 2. The highest BCUT2D eigenvalue weighted by Gasteiger charge is 2.30. The van der Waals surface area contributed by atoms with Gasteiger partial charge in [-0.3, -0.25) is 0 Å². The van der Waals surface area contributed by atoms with Gasteiger partial charge in [-0.25, -0.2) is 13.8 Å². The van der Waals surface area contributed by atoms with Crippen LogP contribution in [0.15, 0.2) is 34.8 Å². The molecule has 24 heavy (non-hydrogen) atoms. The van der Waals surface area contributed by atoms with Crippen LogP contribution < -0.4 is 0 Å². The largest absolute Gasteiger partial charge is 0.443 e. The van der Waals surface area contributed by atoms with Crippen LogP contribution in [0.25, 0.3) is 11.3 Å². The molecule has 3 nitrogen and oxygen atoms in total. The highest BCUT2D eigenvalue weighted by atomic mass is 79.9. The lowest BCUT2D eigenvalue weighted by Gasteiger charge is -2.25. The number of benzene rings is 1. The highest BCUT2D eigenvalue weighted by molar-refractivity contribution is 9.10. The smallest absolute Gasteiger partial charge is 0.419 e. The lowest BCUT2D eigenvalue weighted by molar-refractivity contribution is 0.0531. The van der Waals surface area contributed by atoms with Gasteiger partial charge < -0.3 is 4.74 Å². The summed E-state index contributed by atoms with van der Waals surface area (Å²) in [5, 5.41) is 0. The van der Waals surface area contributed by atoms with Crippen molar-refractivity contribution in [3.63, 3.8) is 0 Å². The minimum atomic E-state index is -0.608. The van der Waals surface area contributed by atoms with E-state index in [0.29, 0.717) is 5.69 Å². The van der Waals surface area contributed by atoms with Gasteiger partial charge in [-0.15, -0.1) is 0 Å². The van der Waals surface area contributed by atoms with Crippen molar-refractivity contribution in [2.45, 2.75) is 52.6 Å². The van der Waals surface area contributed by atoms with E-state index in [4.69, 9.17) is 4.74 Å². The Kier molecular flexibility index (Phi) is 4.96. The summed E-state index contributed by atoms with van der Waals surface area (Å²) in [7, 11) is 0. The molecule has 0 amide bonds. The first-order chi connectivity index (χ1) is 10.9. The van der Waals surface area contributed by atoms with Gasteiger partial charge in [0.2, 0.25) is 0 Å². The first-order valence-electron chi connectivity index (χ1n) is 7.81. The molecular weight excluding hydrogens is 373 g/mol. The fourth-order valence-corrected chi connectivity index (χ4v) is 3.03. The normalized spacial score (nSPS) is 12.3. The van der Waals surface area contributed by atoms with E-state index in [1.54, 1.807) is 16.7 Å². The number of rotatable bonds is 1. The molecule has 2 aromatic rings. The van der Waals surface area contributed by atoms with E-state index < -0.39 is 11.7 Å². The molecule has 0 saturated heterocycles. The molecule has 1 aromatic heterocycles. The third-order valence-electron chi connectivity index (χ3n) is 3.42. The molecule has 1 aromatic carbocycles. The van der Waals surface area contributed by atoms with Crippen LogP contribution in [-0.2, 0) is 10.2 Å². The van der Waals surface area contributed by atoms with Crippen LogP contribution in [-0.4, -0.2) is 16.3 Å². The number of hydrogen-bond donors (Lipinski definition) is 0. The molecule has 0 aliphatic heterocycles. The SMILES string of the molecule is CC(C)(C)OC(=O)n1c(C(C)(C)C)cc(Br)c1-c1ccc(F)cc1. The Labute approximate surface area is 151 Å². The quantitative estimate of drug-likeness (QED) is 0.580. The van der Waals surface area contributed by atoms with Gasteiger partial charge in [0.1, 0.15) is 11.4 Å². The van der Waals surface area contributed by atoms with Gasteiger partial charge in [-0.2, -0.15) is 0 Å². The Morgan fingerprint density at radius 2 is 1.62 bits per heavy atom. The van der Waals surface area contributed by atoms with Crippen LogP contribution in [0.5, 0.6) is 0 Å². The number of carbonyl (C=O) groups is 1. The first kappa shape index (κ1) is 18.7. The Balaban J connectivity index is 2.68. The van der Waals surface area contributed by atoms with Crippen molar-refractivity contribution in [2.24, 2.45) is 0 Å². The Bertz CT molecular complexity index is 749. The number of nitrogens with zero attached hydrogens (tertiary/aromatic N) is 1. The summed E-state index contributed by atoms with van der Waals surface area (Å²) in [6.07, 6.45) is -0.447. The zero-order valence-corrected chi connectivity index (χ0v) is 16.5. The summed E-state index contributed by atoms with van der Waals surface area (Å²) in [4.78, 5) is 12.8. The second-order valence-corrected chi connectivity index (χ2v) is 8.65. The fraction of sp³-hybridized carbons (Fsp3) is 0.421. The van der Waals surface area contributed by atoms with Crippen molar-refractivity contribution in [3.05, 3.63) is 46.3 Å². The fourth-order valence-electron chi connectivity index (χ4n) is 2.40. The molecule has 0 aliphatic carbocycles. The van der Waals surface area contributed by atoms with E-state index >= 15 is 0 Å². The Morgan fingerprint density at radius 1 is 1.08 bits per heavy atom. The number of ether oxygens (including phenoxy) is 1. The third-order valence-corrected chi connectivity index (χ3v) is 4.02. The van der Waals surface area contributed by atoms with E-state index in [1.165, 1.54) is 12.1 Å². The Morgan fingerprint density at radius 3 is 2.08 bits per heavy atom. The van der Waals surface area contributed by atoms with E-state index in [0.717, 1.165) is 15.7 Å². The zero-order chi connectivity index (χ0) is 18.3. The number of aromatic nitrogens is 1. The van der Waals surface area contributed by atoms with Gasteiger partial charge in [0.05, 0.1) is 5.69 Å². The molecule has 0 bridgehead atoms. The zero-order valence-electron chi connectivity index (χ0n) is 14.9. The van der Waals surface area contributed by atoms with Crippen LogP contribution in [0.4, 0.5) is 9.18 Å². The minimum absolute atomic E-state index is 0.266. The van der Waals surface area contributed by atoms with Gasteiger partial charge in [-0.1, -0.05) is 20.8 Å². The molecule has 0 fully saturated rings. The monoisotopic (exact) mass is 395 g/mol. The van der Waals surface area contributed by atoms with E-state index in [-0.39, 0.29) is 11.2 Å². The third kappa shape index (κ3) is 4.07. The maximum atomic E-state index is 13.3. The predicted octanol–water partition coefficient (Wildman–Crippen LogP) is 6.14. The standard InChI is InChI=1S/C19H23BrFNO2/c1-18(2,3)15-11-14(20)16(12-7-9-13(21)10-8-12)22(15)17(23)24-19(4,5)6/h7-11H,1-6H3. The summed E-state index contributed by atoms with van der Waals surface area (Å²) >= 11 is 3.54. The average molecular weight is 396 g/mol. The molecule has 0 radical (unpaired) electrons. The molecule has 0 atom stereocenters. The first-order valence-corrected chi connectivity index (χ1v) is 8.60. The van der Waals surface area contributed by atoms with Crippen molar-refractivity contribution < 1.29 is 13.9 Å². The van der Waals surface area contributed by atoms with Crippen LogP contribution in [0.2, 0.25) is 0 Å². The summed E-state index contributed by atoms with van der Waals surface area (Å²) in [6, 6.07) is 7.99. The van der Waals surface area contributed by atoms with E-state index in [2.05, 4.69) is 15.9 Å². The van der Waals surface area contributed by atoms with Crippen LogP contribution in [0, 0.1) is 5.82 Å². The average Bonchev–Trinajstić information content (AvgIpc) is 2.75. The molecule has 0 aliphatic rings. The summed E-state index contributed by atoms with van der Waals surface area (Å²) in [5.74, 6) is -0.318. The van der Waals surface area contributed by atoms with Crippen molar-refractivity contribution >= 4 is 22.0 Å². The summed E-state index contributed by atoms with van der Waals surface area (Å²) in [5.41, 5.74) is 1.35. The topological polar surface area (TPSA) is 31.2 Å². The molecule has 0 saturated carbocycles. The molecule has 130 valence electrons. The van der Waals surface area contributed by atoms with Crippen LogP contribution in [0.3, 0.4) is 0 Å². The molecule has 0 spiro atoms. The van der Waals surface area contributed by atoms with Crippen LogP contribution >= 0.6 is 15.9 Å². The van der Waals surface area contributed by atoms with Crippen LogP contribution in [0.1, 0.15) is 47.2 Å². The molecule has 0 unspecified atom stereocenters. The van der Waals surface area contributed by atoms with Gasteiger partial charge in [0.15, 0.2) is 0 Å². The van der Waals surface area contributed by atoms with Gasteiger partial charge in [0.25, 0.3) is 0 Å². The van der Waals surface area contributed by atoms with Crippen molar-refractivity contribution in [3.8, 4) is 11.3 Å². The van der Waals surface area contributed by atoms with Gasteiger partial charge in [-0.05, 0) is 67.0 Å². The predicted molar refractivity (Wildman–Crippen MR) is 97.9 cm³/mol. The van der Waals surface area contributed by atoms with Crippen molar-refractivity contribution in [1.29, 1.82) is 0 Å². The second kappa shape index (κ2) is 6.36. The Hall–Kier alpha value is -1.62. The molecule has 0 N–H and O–H groups in total. The van der Waals surface area contributed by atoms with Gasteiger partial charge in [0, 0.05) is 21.1 Å². The molecular formula is C19H23BrFNO2. The second-order valence-electron chi connectivity index (χ2n) is 7.80. The number of carbonyl (C=O) groups excluding carboxylic acids is 1. The molecule has 5 heteroatoms. The number of hydrogen-bond acceptors (Lipinski definition) is 2. The molecule has 1 heterocycles. The van der Waals surface area contributed by atoms with Crippen molar-refractivity contribution in [2.75, 3.05) is 0 Å². The highest BCUT2D eigenvalue weighted by Crippen LogP contribution is 2.37. The summed E-state index contributed by atoms with van der Waals surface area (Å²) < 4.78 is 21.2. The lowest BCUT2D eigenvalue weighted by Crippen LogP contribution is -2.30. The summed E-state index contributed by atoms with van der Waals surface area (Å²) in [6.45, 7) is 11.6.